The van der Waals surface area contributed by atoms with E-state index in [0.717, 1.165) is 22.4 Å². The molecule has 27 heavy (non-hydrogen) atoms. The highest BCUT2D eigenvalue weighted by atomic mass is 16.5. The molecule has 5 heteroatoms. The minimum Gasteiger partial charge on any atom is -0.481 e. The van der Waals surface area contributed by atoms with Crippen molar-refractivity contribution < 1.29 is 14.3 Å². The van der Waals surface area contributed by atoms with E-state index in [0.29, 0.717) is 18.5 Å². The summed E-state index contributed by atoms with van der Waals surface area (Å²) in [5, 5.41) is 5.43. The molecule has 0 fully saturated rings. The molecule has 0 bridgehead atoms. The predicted molar refractivity (Wildman–Crippen MR) is 106 cm³/mol. The second kappa shape index (κ2) is 10.0. The zero-order valence-corrected chi connectivity index (χ0v) is 15.7. The van der Waals surface area contributed by atoms with Gasteiger partial charge in [0.25, 0.3) is 5.91 Å². The van der Waals surface area contributed by atoms with Crippen LogP contribution in [0.1, 0.15) is 27.0 Å². The molecule has 0 aliphatic rings. The molecular weight excluding hydrogens is 340 g/mol. The SMILES string of the molecule is C#CCOc1ccc(CCNC(=O)CNC(=O)c2ccc(C)c(C)c2)cc1. The lowest BCUT2D eigenvalue weighted by atomic mass is 10.1. The molecule has 5 nitrogen and oxygen atoms in total. The summed E-state index contributed by atoms with van der Waals surface area (Å²) < 4.78 is 5.31. The molecule has 0 atom stereocenters. The van der Waals surface area contributed by atoms with Gasteiger partial charge in [-0.15, -0.1) is 6.42 Å². The van der Waals surface area contributed by atoms with Crippen LogP contribution in [0, 0.1) is 26.2 Å². The van der Waals surface area contributed by atoms with Gasteiger partial charge >= 0.3 is 0 Å². The van der Waals surface area contributed by atoms with Gasteiger partial charge in [0.05, 0.1) is 6.54 Å². The van der Waals surface area contributed by atoms with Crippen LogP contribution >= 0.6 is 0 Å². The molecule has 2 aromatic rings. The van der Waals surface area contributed by atoms with Crippen LogP contribution in [0.4, 0.5) is 0 Å². The van der Waals surface area contributed by atoms with Crippen molar-refractivity contribution in [1.29, 1.82) is 0 Å². The molecule has 2 amide bonds. The van der Waals surface area contributed by atoms with Crippen LogP contribution in [0.2, 0.25) is 0 Å². The molecule has 2 aromatic carbocycles. The van der Waals surface area contributed by atoms with E-state index in [1.165, 1.54) is 0 Å². The molecule has 0 aliphatic carbocycles. The number of rotatable bonds is 8. The monoisotopic (exact) mass is 364 g/mol. The van der Waals surface area contributed by atoms with Gasteiger partial charge in [0.2, 0.25) is 5.91 Å². The van der Waals surface area contributed by atoms with E-state index in [4.69, 9.17) is 11.2 Å². The van der Waals surface area contributed by atoms with Crippen LogP contribution < -0.4 is 15.4 Å². The molecule has 0 unspecified atom stereocenters. The van der Waals surface area contributed by atoms with Crippen molar-refractivity contribution in [2.45, 2.75) is 20.3 Å². The van der Waals surface area contributed by atoms with Gasteiger partial charge < -0.3 is 15.4 Å². The number of hydrogen-bond acceptors (Lipinski definition) is 3. The zero-order chi connectivity index (χ0) is 19.6. The van der Waals surface area contributed by atoms with Gasteiger partial charge in [-0.25, -0.2) is 0 Å². The molecule has 0 aliphatic heterocycles. The molecule has 0 saturated carbocycles. The maximum Gasteiger partial charge on any atom is 0.251 e. The Labute approximate surface area is 160 Å². The number of carbonyl (C=O) groups excluding carboxylic acids is 2. The highest BCUT2D eigenvalue weighted by Crippen LogP contribution is 2.12. The molecule has 0 saturated heterocycles. The molecule has 2 N–H and O–H groups in total. The van der Waals surface area contributed by atoms with Gasteiger partial charge in [-0.05, 0) is 61.2 Å². The van der Waals surface area contributed by atoms with Crippen molar-refractivity contribution in [1.82, 2.24) is 10.6 Å². The van der Waals surface area contributed by atoms with E-state index in [2.05, 4.69) is 16.6 Å². The first kappa shape index (κ1) is 20.1. The van der Waals surface area contributed by atoms with Gasteiger partial charge in [-0.1, -0.05) is 24.1 Å². The van der Waals surface area contributed by atoms with E-state index in [9.17, 15) is 9.59 Å². The summed E-state index contributed by atoms with van der Waals surface area (Å²) in [5.41, 5.74) is 3.79. The molecule has 2 rings (SSSR count). The maximum atomic E-state index is 12.1. The molecule has 0 radical (unpaired) electrons. The lowest BCUT2D eigenvalue weighted by molar-refractivity contribution is -0.120. The van der Waals surface area contributed by atoms with E-state index in [1.54, 1.807) is 6.07 Å². The van der Waals surface area contributed by atoms with Gasteiger partial charge in [0.15, 0.2) is 0 Å². The van der Waals surface area contributed by atoms with Gasteiger partial charge in [0, 0.05) is 12.1 Å². The molecule has 140 valence electrons. The lowest BCUT2D eigenvalue weighted by Gasteiger charge is -2.09. The van der Waals surface area contributed by atoms with Crippen LogP contribution in [-0.2, 0) is 11.2 Å². The molecule has 0 heterocycles. The highest BCUT2D eigenvalue weighted by Gasteiger charge is 2.08. The predicted octanol–water partition coefficient (Wildman–Crippen LogP) is 2.40. The molecule has 0 spiro atoms. The minimum atomic E-state index is -0.254. The van der Waals surface area contributed by atoms with E-state index < -0.39 is 0 Å². The second-order valence-electron chi connectivity index (χ2n) is 6.22. The van der Waals surface area contributed by atoms with Crippen LogP contribution in [-0.4, -0.2) is 31.5 Å². The Balaban J connectivity index is 1.70. The third-order valence-corrected chi connectivity index (χ3v) is 4.16. The summed E-state index contributed by atoms with van der Waals surface area (Å²) in [6.45, 7) is 4.62. The minimum absolute atomic E-state index is 0.0510. The fourth-order valence-electron chi connectivity index (χ4n) is 2.43. The van der Waals surface area contributed by atoms with Crippen molar-refractivity contribution in [3.63, 3.8) is 0 Å². The van der Waals surface area contributed by atoms with Crippen molar-refractivity contribution in [2.75, 3.05) is 19.7 Å². The first-order valence-electron chi connectivity index (χ1n) is 8.77. The molecular formula is C22H24N2O3. The van der Waals surface area contributed by atoms with Gasteiger partial charge in [-0.3, -0.25) is 9.59 Å². The normalized spacial score (nSPS) is 9.96. The van der Waals surface area contributed by atoms with Crippen molar-refractivity contribution in [2.24, 2.45) is 0 Å². The van der Waals surface area contributed by atoms with Crippen LogP contribution in [0.15, 0.2) is 42.5 Å². The fraction of sp³-hybridized carbons (Fsp3) is 0.273. The summed E-state index contributed by atoms with van der Waals surface area (Å²) in [4.78, 5) is 24.0. The maximum absolute atomic E-state index is 12.1. The summed E-state index contributed by atoms with van der Waals surface area (Å²) in [6, 6.07) is 13.0. The average Bonchev–Trinajstić information content (AvgIpc) is 2.67. The number of terminal acetylenes is 1. The summed E-state index contributed by atoms with van der Waals surface area (Å²) in [6.07, 6.45) is 5.83. The standard InChI is InChI=1S/C22H24N2O3/c1-4-13-27-20-9-6-18(7-10-20)11-12-23-21(25)15-24-22(26)19-8-5-16(2)17(3)14-19/h1,5-10,14H,11-13,15H2,2-3H3,(H,23,25)(H,24,26). The van der Waals surface area contributed by atoms with Crippen LogP contribution in [0.3, 0.4) is 0 Å². The largest absolute Gasteiger partial charge is 0.481 e. The Kier molecular flexibility index (Phi) is 7.45. The first-order valence-corrected chi connectivity index (χ1v) is 8.77. The summed E-state index contributed by atoms with van der Waals surface area (Å²) in [5.74, 6) is 2.66. The third-order valence-electron chi connectivity index (χ3n) is 4.16. The fourth-order valence-corrected chi connectivity index (χ4v) is 2.43. The topological polar surface area (TPSA) is 67.4 Å². The Morgan fingerprint density at radius 1 is 1.04 bits per heavy atom. The average molecular weight is 364 g/mol. The Bertz CT molecular complexity index is 836. The number of amides is 2. The van der Waals surface area contributed by atoms with Gasteiger partial charge in [0.1, 0.15) is 12.4 Å². The smallest absolute Gasteiger partial charge is 0.251 e. The zero-order valence-electron chi connectivity index (χ0n) is 15.7. The number of aryl methyl sites for hydroxylation is 2. The Morgan fingerprint density at radius 2 is 1.78 bits per heavy atom. The Hall–Kier alpha value is -3.26. The van der Waals surface area contributed by atoms with Crippen molar-refractivity contribution in [3.05, 3.63) is 64.7 Å². The number of benzene rings is 2. The summed E-state index contributed by atoms with van der Waals surface area (Å²) >= 11 is 0. The highest BCUT2D eigenvalue weighted by molar-refractivity contribution is 5.96. The van der Waals surface area contributed by atoms with Crippen LogP contribution in [0.25, 0.3) is 0 Å². The van der Waals surface area contributed by atoms with E-state index >= 15 is 0 Å². The summed E-state index contributed by atoms with van der Waals surface area (Å²) in [7, 11) is 0. The van der Waals surface area contributed by atoms with Gasteiger partial charge in [-0.2, -0.15) is 0 Å². The Morgan fingerprint density at radius 3 is 2.44 bits per heavy atom. The number of carbonyl (C=O) groups is 2. The number of hydrogen-bond donors (Lipinski definition) is 2. The quantitative estimate of drug-likeness (QED) is 0.707. The van der Waals surface area contributed by atoms with Crippen LogP contribution in [0.5, 0.6) is 5.75 Å². The number of ether oxygens (including phenoxy) is 1. The van der Waals surface area contributed by atoms with Crippen molar-refractivity contribution >= 4 is 11.8 Å². The third kappa shape index (κ3) is 6.52. The number of nitrogens with one attached hydrogen (secondary N) is 2. The van der Waals surface area contributed by atoms with E-state index in [-0.39, 0.29) is 25.0 Å². The van der Waals surface area contributed by atoms with E-state index in [1.807, 2.05) is 50.2 Å². The van der Waals surface area contributed by atoms with Crippen molar-refractivity contribution in [3.8, 4) is 18.1 Å². The second-order valence-corrected chi connectivity index (χ2v) is 6.22. The first-order chi connectivity index (χ1) is 13.0. The molecule has 0 aromatic heterocycles. The lowest BCUT2D eigenvalue weighted by Crippen LogP contribution is -2.37.